The van der Waals surface area contributed by atoms with Crippen molar-refractivity contribution in [3.63, 3.8) is 0 Å². The zero-order chi connectivity index (χ0) is 12.6. The van der Waals surface area contributed by atoms with E-state index in [-0.39, 0.29) is 5.97 Å². The molecule has 0 aromatic heterocycles. The topological polar surface area (TPSA) is 63.6 Å². The van der Waals surface area contributed by atoms with Gasteiger partial charge in [-0.3, -0.25) is 4.79 Å². The van der Waals surface area contributed by atoms with E-state index in [1.807, 2.05) is 20.8 Å². The van der Waals surface area contributed by atoms with Gasteiger partial charge in [-0.05, 0) is 32.9 Å². The first-order chi connectivity index (χ1) is 7.31. The van der Waals surface area contributed by atoms with Crippen molar-refractivity contribution in [2.45, 2.75) is 32.8 Å². The van der Waals surface area contributed by atoms with Crippen LogP contribution in [0.4, 0.5) is 0 Å². The highest BCUT2D eigenvalue weighted by Gasteiger charge is 2.15. The summed E-state index contributed by atoms with van der Waals surface area (Å²) in [6.45, 7) is 5.47. The van der Waals surface area contributed by atoms with Gasteiger partial charge in [-0.1, -0.05) is 6.08 Å². The number of thioether (sulfide) groups is 1. The Bertz CT molecular complexity index is 266. The van der Waals surface area contributed by atoms with Gasteiger partial charge in [0.25, 0.3) is 0 Å². The van der Waals surface area contributed by atoms with Crippen LogP contribution in [0.25, 0.3) is 0 Å². The van der Waals surface area contributed by atoms with Crippen LogP contribution in [-0.4, -0.2) is 34.2 Å². The molecule has 0 aromatic carbocycles. The molecule has 92 valence electrons. The fourth-order valence-electron chi connectivity index (χ4n) is 0.862. The number of carbonyl (C=O) groups excluding carboxylic acids is 1. The summed E-state index contributed by atoms with van der Waals surface area (Å²) in [6, 6.07) is 0. The summed E-state index contributed by atoms with van der Waals surface area (Å²) in [5.41, 5.74) is -0.444. The second kappa shape index (κ2) is 7.33. The van der Waals surface area contributed by atoms with Crippen LogP contribution in [0.2, 0.25) is 0 Å². The van der Waals surface area contributed by atoms with E-state index in [1.54, 1.807) is 6.08 Å². The molecule has 0 aliphatic rings. The normalized spacial score (nSPS) is 11.7. The third-order valence-corrected chi connectivity index (χ3v) is 2.29. The molecule has 5 heteroatoms. The number of hydrogen-bond acceptors (Lipinski definition) is 4. The number of ether oxygens (including phenoxy) is 1. The Hall–Kier alpha value is -0.970. The van der Waals surface area contributed by atoms with E-state index in [4.69, 9.17) is 9.84 Å². The minimum atomic E-state index is -0.947. The van der Waals surface area contributed by atoms with Gasteiger partial charge in [-0.25, -0.2) is 4.79 Å². The third kappa shape index (κ3) is 11.1. The second-order valence-electron chi connectivity index (χ2n) is 4.17. The van der Waals surface area contributed by atoms with Crippen LogP contribution in [0.5, 0.6) is 0 Å². The zero-order valence-corrected chi connectivity index (χ0v) is 10.7. The van der Waals surface area contributed by atoms with Crippen molar-refractivity contribution >= 4 is 23.7 Å². The molecular formula is C11H18O4S. The van der Waals surface area contributed by atoms with E-state index in [0.29, 0.717) is 17.9 Å². The Morgan fingerprint density at radius 3 is 2.50 bits per heavy atom. The highest BCUT2D eigenvalue weighted by Crippen LogP contribution is 2.10. The zero-order valence-electron chi connectivity index (χ0n) is 9.86. The Labute approximate surface area is 100 Å². The quantitative estimate of drug-likeness (QED) is 0.441. The fraction of sp³-hybridized carbons (Fsp3) is 0.636. The first-order valence-electron chi connectivity index (χ1n) is 5.00. The first-order valence-corrected chi connectivity index (χ1v) is 6.16. The SMILES string of the molecule is CC(C)(C)OC(=O)CSCCC=CC(=O)O. The lowest BCUT2D eigenvalue weighted by atomic mass is 10.2. The summed E-state index contributed by atoms with van der Waals surface area (Å²) < 4.78 is 5.11. The van der Waals surface area contributed by atoms with Gasteiger partial charge in [-0.15, -0.1) is 11.8 Å². The molecule has 0 spiro atoms. The van der Waals surface area contributed by atoms with Crippen LogP contribution in [0, 0.1) is 0 Å². The van der Waals surface area contributed by atoms with E-state index in [1.165, 1.54) is 11.8 Å². The molecule has 0 saturated heterocycles. The maximum absolute atomic E-state index is 11.2. The summed E-state index contributed by atoms with van der Waals surface area (Å²) >= 11 is 1.43. The van der Waals surface area contributed by atoms with E-state index < -0.39 is 11.6 Å². The molecule has 0 rings (SSSR count). The average Bonchev–Trinajstić information content (AvgIpc) is 2.07. The van der Waals surface area contributed by atoms with Crippen molar-refractivity contribution in [3.8, 4) is 0 Å². The average molecular weight is 246 g/mol. The molecule has 0 aliphatic carbocycles. The molecule has 0 aromatic rings. The minimum Gasteiger partial charge on any atom is -0.478 e. The summed E-state index contributed by atoms with van der Waals surface area (Å²) in [7, 11) is 0. The van der Waals surface area contributed by atoms with Crippen molar-refractivity contribution in [2.24, 2.45) is 0 Å². The largest absolute Gasteiger partial charge is 0.478 e. The molecule has 4 nitrogen and oxygen atoms in total. The smallest absolute Gasteiger partial charge is 0.327 e. The van der Waals surface area contributed by atoms with Gasteiger partial charge in [0.2, 0.25) is 0 Å². The maximum atomic E-state index is 11.2. The van der Waals surface area contributed by atoms with E-state index in [2.05, 4.69) is 0 Å². The van der Waals surface area contributed by atoms with E-state index >= 15 is 0 Å². The van der Waals surface area contributed by atoms with Gasteiger partial charge < -0.3 is 9.84 Å². The standard InChI is InChI=1S/C11H18O4S/c1-11(2,3)15-10(14)8-16-7-5-4-6-9(12)13/h4,6H,5,7-8H2,1-3H3,(H,12,13). The molecule has 1 N–H and O–H groups in total. The summed E-state index contributed by atoms with van der Waals surface area (Å²) in [5, 5.41) is 8.32. The number of carboxylic acid groups (broad SMARTS) is 1. The highest BCUT2D eigenvalue weighted by molar-refractivity contribution is 7.99. The van der Waals surface area contributed by atoms with E-state index in [9.17, 15) is 9.59 Å². The van der Waals surface area contributed by atoms with Crippen molar-refractivity contribution in [3.05, 3.63) is 12.2 Å². The molecular weight excluding hydrogens is 228 g/mol. The van der Waals surface area contributed by atoms with Crippen LogP contribution < -0.4 is 0 Å². The van der Waals surface area contributed by atoms with Gasteiger partial charge in [0.05, 0.1) is 5.75 Å². The molecule has 0 unspecified atom stereocenters. The number of hydrogen-bond donors (Lipinski definition) is 1. The summed E-state index contributed by atoms with van der Waals surface area (Å²) in [5.74, 6) is -0.168. The molecule has 0 radical (unpaired) electrons. The lowest BCUT2D eigenvalue weighted by Crippen LogP contribution is -2.25. The molecule has 0 saturated carbocycles. The minimum absolute atomic E-state index is 0.236. The van der Waals surface area contributed by atoms with Crippen LogP contribution in [0.15, 0.2) is 12.2 Å². The predicted molar refractivity (Wildman–Crippen MR) is 64.6 cm³/mol. The van der Waals surface area contributed by atoms with E-state index in [0.717, 1.165) is 6.08 Å². The van der Waals surface area contributed by atoms with Gasteiger partial charge in [0.1, 0.15) is 5.60 Å². The Morgan fingerprint density at radius 1 is 1.38 bits per heavy atom. The third-order valence-electron chi connectivity index (χ3n) is 1.33. The summed E-state index contributed by atoms with van der Waals surface area (Å²) in [6.07, 6.45) is 3.32. The highest BCUT2D eigenvalue weighted by atomic mass is 32.2. The van der Waals surface area contributed by atoms with Crippen LogP contribution in [-0.2, 0) is 14.3 Å². The maximum Gasteiger partial charge on any atom is 0.327 e. The molecule has 0 amide bonds. The number of aliphatic carboxylic acids is 1. The Morgan fingerprint density at radius 2 is 2.00 bits per heavy atom. The number of carbonyl (C=O) groups is 2. The van der Waals surface area contributed by atoms with Crippen molar-refractivity contribution in [1.29, 1.82) is 0 Å². The first kappa shape index (κ1) is 15.0. The Kier molecular flexibility index (Phi) is 6.88. The fourth-order valence-corrected chi connectivity index (χ4v) is 1.53. The molecule has 0 bridgehead atoms. The van der Waals surface area contributed by atoms with Gasteiger partial charge in [0, 0.05) is 6.08 Å². The predicted octanol–water partition coefficient (Wildman–Crippen LogP) is 2.09. The van der Waals surface area contributed by atoms with Gasteiger partial charge in [0.15, 0.2) is 0 Å². The number of carboxylic acids is 1. The van der Waals surface area contributed by atoms with Crippen molar-refractivity contribution in [2.75, 3.05) is 11.5 Å². The lowest BCUT2D eigenvalue weighted by Gasteiger charge is -2.19. The van der Waals surface area contributed by atoms with Crippen LogP contribution in [0.1, 0.15) is 27.2 Å². The Balaban J connectivity index is 3.53. The lowest BCUT2D eigenvalue weighted by molar-refractivity contribution is -0.151. The second-order valence-corrected chi connectivity index (χ2v) is 5.27. The molecule has 16 heavy (non-hydrogen) atoms. The number of allylic oxidation sites excluding steroid dienone is 1. The van der Waals surface area contributed by atoms with Crippen molar-refractivity contribution in [1.82, 2.24) is 0 Å². The molecule has 0 atom stereocenters. The molecule has 0 aliphatic heterocycles. The number of esters is 1. The van der Waals surface area contributed by atoms with Crippen LogP contribution in [0.3, 0.4) is 0 Å². The monoisotopic (exact) mass is 246 g/mol. The van der Waals surface area contributed by atoms with Gasteiger partial charge >= 0.3 is 11.9 Å². The summed E-state index contributed by atoms with van der Waals surface area (Å²) in [4.78, 5) is 21.4. The van der Waals surface area contributed by atoms with Gasteiger partial charge in [-0.2, -0.15) is 0 Å². The molecule has 0 heterocycles. The van der Waals surface area contributed by atoms with Crippen molar-refractivity contribution < 1.29 is 19.4 Å². The number of rotatable bonds is 6. The van der Waals surface area contributed by atoms with Crippen LogP contribution >= 0.6 is 11.8 Å². The molecule has 0 fully saturated rings.